The van der Waals surface area contributed by atoms with Crippen molar-refractivity contribution in [1.82, 2.24) is 0 Å². The SMILES string of the molecule is COC(=O)C(O)c1cc(OC)c(OC)c(Cl)c1C. The number of hydrogen-bond donors (Lipinski definition) is 1. The van der Waals surface area contributed by atoms with Crippen molar-refractivity contribution in [2.24, 2.45) is 0 Å². The topological polar surface area (TPSA) is 65.0 Å². The minimum atomic E-state index is -1.41. The van der Waals surface area contributed by atoms with Gasteiger partial charge in [0.2, 0.25) is 0 Å². The van der Waals surface area contributed by atoms with Crippen molar-refractivity contribution in [2.45, 2.75) is 13.0 Å². The molecule has 18 heavy (non-hydrogen) atoms. The molecule has 6 heteroatoms. The van der Waals surface area contributed by atoms with Gasteiger partial charge in [0, 0.05) is 5.56 Å². The number of hydrogen-bond acceptors (Lipinski definition) is 5. The van der Waals surface area contributed by atoms with Gasteiger partial charge in [-0.3, -0.25) is 0 Å². The molecule has 0 aliphatic rings. The van der Waals surface area contributed by atoms with Crippen LogP contribution in [0, 0.1) is 6.92 Å². The summed E-state index contributed by atoms with van der Waals surface area (Å²) in [5.41, 5.74) is 0.858. The second kappa shape index (κ2) is 5.93. The van der Waals surface area contributed by atoms with Crippen molar-refractivity contribution in [2.75, 3.05) is 21.3 Å². The number of esters is 1. The molecule has 0 saturated carbocycles. The lowest BCUT2D eigenvalue weighted by Gasteiger charge is -2.17. The van der Waals surface area contributed by atoms with Crippen molar-refractivity contribution in [1.29, 1.82) is 0 Å². The van der Waals surface area contributed by atoms with Crippen LogP contribution in [0.4, 0.5) is 0 Å². The molecule has 1 atom stereocenters. The first-order valence-corrected chi connectivity index (χ1v) is 5.52. The highest BCUT2D eigenvalue weighted by Crippen LogP contribution is 2.41. The molecule has 0 bridgehead atoms. The average Bonchev–Trinajstić information content (AvgIpc) is 2.39. The van der Waals surface area contributed by atoms with Crippen LogP contribution in [-0.4, -0.2) is 32.4 Å². The largest absolute Gasteiger partial charge is 0.493 e. The summed E-state index contributed by atoms with van der Waals surface area (Å²) in [6, 6.07) is 1.50. The highest BCUT2D eigenvalue weighted by molar-refractivity contribution is 6.33. The van der Waals surface area contributed by atoms with E-state index in [9.17, 15) is 9.90 Å². The van der Waals surface area contributed by atoms with Gasteiger partial charge < -0.3 is 19.3 Å². The van der Waals surface area contributed by atoms with Crippen molar-refractivity contribution in [3.63, 3.8) is 0 Å². The zero-order chi connectivity index (χ0) is 13.9. The number of rotatable bonds is 4. The van der Waals surface area contributed by atoms with E-state index in [-0.39, 0.29) is 5.02 Å². The van der Waals surface area contributed by atoms with Gasteiger partial charge in [-0.25, -0.2) is 4.79 Å². The van der Waals surface area contributed by atoms with Crippen LogP contribution in [0.1, 0.15) is 17.2 Å². The number of carbonyl (C=O) groups is 1. The predicted molar refractivity (Wildman–Crippen MR) is 66.3 cm³/mol. The summed E-state index contributed by atoms with van der Waals surface area (Å²) in [7, 11) is 4.10. The number of carbonyl (C=O) groups excluding carboxylic acids is 1. The molecule has 0 spiro atoms. The molecule has 0 radical (unpaired) electrons. The molecule has 0 aliphatic heterocycles. The highest BCUT2D eigenvalue weighted by Gasteiger charge is 2.25. The Morgan fingerprint density at radius 1 is 1.33 bits per heavy atom. The number of aliphatic hydroxyl groups is 1. The van der Waals surface area contributed by atoms with Gasteiger partial charge in [-0.2, -0.15) is 0 Å². The van der Waals surface area contributed by atoms with E-state index >= 15 is 0 Å². The van der Waals surface area contributed by atoms with E-state index in [1.165, 1.54) is 27.4 Å². The minimum absolute atomic E-state index is 0.287. The lowest BCUT2D eigenvalue weighted by Crippen LogP contribution is -2.15. The summed E-state index contributed by atoms with van der Waals surface area (Å²) in [4.78, 5) is 11.3. The van der Waals surface area contributed by atoms with Crippen LogP contribution in [0.25, 0.3) is 0 Å². The Labute approximate surface area is 110 Å². The fraction of sp³-hybridized carbons (Fsp3) is 0.417. The Morgan fingerprint density at radius 3 is 2.39 bits per heavy atom. The van der Waals surface area contributed by atoms with E-state index in [2.05, 4.69) is 4.74 Å². The van der Waals surface area contributed by atoms with Crippen LogP contribution in [0.5, 0.6) is 11.5 Å². The molecule has 1 N–H and O–H groups in total. The van der Waals surface area contributed by atoms with Gasteiger partial charge in [0.15, 0.2) is 17.6 Å². The molecule has 0 fully saturated rings. The van der Waals surface area contributed by atoms with Gasteiger partial charge in [0.1, 0.15) is 0 Å². The number of methoxy groups -OCH3 is 3. The zero-order valence-corrected chi connectivity index (χ0v) is 11.4. The molecular formula is C12H15ClO5. The van der Waals surface area contributed by atoms with Crippen LogP contribution in [0.15, 0.2) is 6.07 Å². The summed E-state index contributed by atoms with van der Waals surface area (Å²) >= 11 is 6.11. The summed E-state index contributed by atoms with van der Waals surface area (Å²) in [5, 5.41) is 10.1. The van der Waals surface area contributed by atoms with Gasteiger partial charge in [0.05, 0.1) is 26.4 Å². The quantitative estimate of drug-likeness (QED) is 0.849. The third-order valence-corrected chi connectivity index (χ3v) is 3.07. The van der Waals surface area contributed by atoms with Gasteiger partial charge in [-0.1, -0.05) is 11.6 Å². The Kier molecular flexibility index (Phi) is 4.81. The molecule has 0 heterocycles. The fourth-order valence-electron chi connectivity index (χ4n) is 1.58. The second-order valence-corrected chi connectivity index (χ2v) is 3.94. The summed E-state index contributed by atoms with van der Waals surface area (Å²) < 4.78 is 14.7. The van der Waals surface area contributed by atoms with Crippen molar-refractivity contribution in [3.8, 4) is 11.5 Å². The maximum absolute atomic E-state index is 11.3. The molecule has 1 rings (SSSR count). The molecule has 0 saturated heterocycles. The summed E-state index contributed by atoms with van der Waals surface area (Å²) in [6.45, 7) is 1.67. The normalized spacial score (nSPS) is 11.9. The number of ether oxygens (including phenoxy) is 3. The molecule has 1 aromatic carbocycles. The first kappa shape index (κ1) is 14.6. The first-order valence-electron chi connectivity index (χ1n) is 5.14. The average molecular weight is 275 g/mol. The molecule has 100 valence electrons. The number of aliphatic hydroxyl groups excluding tert-OH is 1. The summed E-state index contributed by atoms with van der Waals surface area (Å²) in [6.07, 6.45) is -1.41. The molecule has 0 aromatic heterocycles. The monoisotopic (exact) mass is 274 g/mol. The lowest BCUT2D eigenvalue weighted by molar-refractivity contribution is -0.150. The standard InChI is InChI=1S/C12H15ClO5/c1-6-7(10(14)12(15)18-4)5-8(16-2)11(17-3)9(6)13/h5,10,14H,1-4H3. The van der Waals surface area contributed by atoms with Gasteiger partial charge in [-0.15, -0.1) is 0 Å². The molecule has 0 amide bonds. The Balaban J connectivity index is 3.38. The predicted octanol–water partition coefficient (Wildman–Crippen LogP) is 1.87. The van der Waals surface area contributed by atoms with Crippen LogP contribution in [0.3, 0.4) is 0 Å². The van der Waals surface area contributed by atoms with E-state index in [1.54, 1.807) is 6.92 Å². The Morgan fingerprint density at radius 2 is 1.94 bits per heavy atom. The van der Waals surface area contributed by atoms with Crippen LogP contribution in [0.2, 0.25) is 5.02 Å². The maximum atomic E-state index is 11.3. The van der Waals surface area contributed by atoms with Crippen LogP contribution < -0.4 is 9.47 Å². The van der Waals surface area contributed by atoms with Crippen molar-refractivity contribution in [3.05, 3.63) is 22.2 Å². The number of halogens is 1. The smallest absolute Gasteiger partial charge is 0.339 e. The van der Waals surface area contributed by atoms with Crippen molar-refractivity contribution >= 4 is 17.6 Å². The van der Waals surface area contributed by atoms with E-state index in [4.69, 9.17) is 21.1 Å². The number of benzene rings is 1. The zero-order valence-electron chi connectivity index (χ0n) is 10.6. The van der Waals surface area contributed by atoms with Gasteiger partial charge in [0.25, 0.3) is 0 Å². The first-order chi connectivity index (χ1) is 8.47. The van der Waals surface area contributed by atoms with E-state index in [0.29, 0.717) is 22.6 Å². The van der Waals surface area contributed by atoms with Crippen molar-refractivity contribution < 1.29 is 24.1 Å². The second-order valence-electron chi connectivity index (χ2n) is 3.57. The molecule has 0 aliphatic carbocycles. The minimum Gasteiger partial charge on any atom is -0.493 e. The third-order valence-electron chi connectivity index (χ3n) is 2.62. The lowest BCUT2D eigenvalue weighted by atomic mass is 10.0. The Bertz CT molecular complexity index is 458. The molecule has 1 unspecified atom stereocenters. The maximum Gasteiger partial charge on any atom is 0.339 e. The Hall–Kier alpha value is -1.46. The molecule has 5 nitrogen and oxygen atoms in total. The van der Waals surface area contributed by atoms with Crippen LogP contribution in [-0.2, 0) is 9.53 Å². The summed E-state index contributed by atoms with van der Waals surface area (Å²) in [5.74, 6) is -0.0649. The van der Waals surface area contributed by atoms with E-state index in [0.717, 1.165) is 0 Å². The molecule has 1 aromatic rings. The third kappa shape index (κ3) is 2.52. The highest BCUT2D eigenvalue weighted by atomic mass is 35.5. The van der Waals surface area contributed by atoms with E-state index < -0.39 is 12.1 Å². The van der Waals surface area contributed by atoms with Gasteiger partial charge in [-0.05, 0) is 18.6 Å². The van der Waals surface area contributed by atoms with E-state index in [1.807, 2.05) is 0 Å². The van der Waals surface area contributed by atoms with Crippen LogP contribution >= 0.6 is 11.6 Å². The van der Waals surface area contributed by atoms with Gasteiger partial charge >= 0.3 is 5.97 Å². The fourth-order valence-corrected chi connectivity index (χ4v) is 1.86. The molecular weight excluding hydrogens is 260 g/mol.